The molecule has 10 heteroatoms. The highest BCUT2D eigenvalue weighted by molar-refractivity contribution is 5.97. The van der Waals surface area contributed by atoms with Crippen molar-refractivity contribution in [3.63, 3.8) is 0 Å². The van der Waals surface area contributed by atoms with Crippen molar-refractivity contribution in [3.05, 3.63) is 138 Å². The molecule has 1 aliphatic heterocycles. The van der Waals surface area contributed by atoms with Gasteiger partial charge >= 0.3 is 6.18 Å². The zero-order chi connectivity index (χ0) is 31.6. The largest absolute Gasteiger partial charge is 0.467 e. The fraction of sp³-hybridized carbons (Fsp3) is 0.194. The number of pyridine rings is 2. The third-order valence-electron chi connectivity index (χ3n) is 8.18. The number of aromatic nitrogens is 4. The average Bonchev–Trinajstić information content (AvgIpc) is 3.50. The van der Waals surface area contributed by atoms with Crippen LogP contribution in [0.4, 0.5) is 19.0 Å². The molecule has 0 N–H and O–H groups in total. The molecule has 3 aromatic heterocycles. The van der Waals surface area contributed by atoms with Crippen molar-refractivity contribution >= 4 is 16.7 Å². The molecule has 0 spiro atoms. The van der Waals surface area contributed by atoms with Gasteiger partial charge in [-0.15, -0.1) is 0 Å². The van der Waals surface area contributed by atoms with Crippen molar-refractivity contribution in [3.8, 4) is 17.1 Å². The highest BCUT2D eigenvalue weighted by atomic mass is 19.4. The van der Waals surface area contributed by atoms with E-state index in [0.29, 0.717) is 48.5 Å². The van der Waals surface area contributed by atoms with Gasteiger partial charge in [0.25, 0.3) is 0 Å². The Balaban J connectivity index is 1.56. The lowest BCUT2D eigenvalue weighted by atomic mass is 9.77. The van der Waals surface area contributed by atoms with Gasteiger partial charge in [-0.3, -0.25) is 0 Å². The summed E-state index contributed by atoms with van der Waals surface area (Å²) in [6.07, 6.45) is -1.40. The van der Waals surface area contributed by atoms with E-state index >= 15 is 0 Å². The molecular weight excluding hydrogens is 591 g/mol. The zero-order valence-corrected chi connectivity index (χ0v) is 24.8. The number of fused-ring (bicyclic) bond motifs is 1. The van der Waals surface area contributed by atoms with Gasteiger partial charge in [0.15, 0.2) is 6.61 Å². The zero-order valence-electron chi connectivity index (χ0n) is 24.8. The second kappa shape index (κ2) is 12.3. The van der Waals surface area contributed by atoms with Crippen molar-refractivity contribution in [2.24, 2.45) is 0 Å². The molecule has 4 heterocycles. The summed E-state index contributed by atoms with van der Waals surface area (Å²) in [5.41, 5.74) is 3.40. The topological polar surface area (TPSA) is 65.3 Å². The Kier molecular flexibility index (Phi) is 7.88. The molecular formula is C36H30F3N5O2. The molecule has 0 radical (unpaired) electrons. The number of hydrogen-bond donors (Lipinski definition) is 0. The third kappa shape index (κ3) is 5.45. The van der Waals surface area contributed by atoms with Gasteiger partial charge in [0.05, 0.1) is 24.1 Å². The van der Waals surface area contributed by atoms with Gasteiger partial charge in [0.2, 0.25) is 5.88 Å². The molecule has 0 atom stereocenters. The lowest BCUT2D eigenvalue weighted by molar-refractivity contribution is -0.153. The Bertz CT molecular complexity index is 1830. The molecule has 0 amide bonds. The van der Waals surface area contributed by atoms with E-state index < -0.39 is 18.3 Å². The SMILES string of the molecule is FC(F)(F)COc1nccc2c1c(-c1ccnc(N3CCOCC3)c1)nn2C(c1ccccc1)(c1ccccc1)c1ccccc1. The monoisotopic (exact) mass is 621 g/mol. The molecule has 0 unspecified atom stereocenters. The number of hydrogen-bond acceptors (Lipinski definition) is 6. The Labute approximate surface area is 263 Å². The van der Waals surface area contributed by atoms with Crippen molar-refractivity contribution in [2.75, 3.05) is 37.8 Å². The minimum Gasteiger partial charge on any atom is -0.467 e. The Hall–Kier alpha value is -5.22. The smallest absolute Gasteiger partial charge is 0.422 e. The molecule has 46 heavy (non-hydrogen) atoms. The highest BCUT2D eigenvalue weighted by Crippen LogP contribution is 2.45. The molecule has 232 valence electrons. The lowest BCUT2D eigenvalue weighted by Crippen LogP contribution is -2.38. The maximum absolute atomic E-state index is 13.5. The second-order valence-corrected chi connectivity index (χ2v) is 11.0. The lowest BCUT2D eigenvalue weighted by Gasteiger charge is -2.37. The molecule has 1 saturated heterocycles. The first-order valence-corrected chi connectivity index (χ1v) is 15.0. The number of ether oxygens (including phenoxy) is 2. The summed E-state index contributed by atoms with van der Waals surface area (Å²) in [7, 11) is 0. The number of alkyl halides is 3. The first-order valence-electron chi connectivity index (χ1n) is 15.0. The van der Waals surface area contributed by atoms with Crippen LogP contribution in [0.5, 0.6) is 5.88 Å². The number of nitrogens with zero attached hydrogens (tertiary/aromatic N) is 5. The molecule has 0 bridgehead atoms. The van der Waals surface area contributed by atoms with Gasteiger partial charge < -0.3 is 14.4 Å². The molecule has 1 aliphatic rings. The molecule has 0 saturated carbocycles. The van der Waals surface area contributed by atoms with Crippen molar-refractivity contribution in [1.82, 2.24) is 19.7 Å². The van der Waals surface area contributed by atoms with E-state index in [9.17, 15) is 13.2 Å². The average molecular weight is 622 g/mol. The molecule has 1 fully saturated rings. The number of morpholine rings is 1. The van der Waals surface area contributed by atoms with Gasteiger partial charge in [-0.25, -0.2) is 14.6 Å². The van der Waals surface area contributed by atoms with Gasteiger partial charge in [-0.05, 0) is 34.9 Å². The van der Waals surface area contributed by atoms with Crippen LogP contribution in [-0.2, 0) is 10.3 Å². The normalized spacial score (nSPS) is 14.0. The summed E-state index contributed by atoms with van der Waals surface area (Å²) in [4.78, 5) is 11.0. The van der Waals surface area contributed by atoms with Crippen LogP contribution in [0.2, 0.25) is 0 Å². The maximum atomic E-state index is 13.5. The van der Waals surface area contributed by atoms with Gasteiger partial charge in [-0.1, -0.05) is 91.0 Å². The Morgan fingerprint density at radius 1 is 0.717 bits per heavy atom. The summed E-state index contributed by atoms with van der Waals surface area (Å²) in [6, 6.07) is 35.4. The number of rotatable bonds is 8. The number of benzene rings is 3. The van der Waals surface area contributed by atoms with Crippen LogP contribution in [0.3, 0.4) is 0 Å². The van der Waals surface area contributed by atoms with Crippen LogP contribution >= 0.6 is 0 Å². The Morgan fingerprint density at radius 3 is 1.85 bits per heavy atom. The predicted molar refractivity (Wildman–Crippen MR) is 170 cm³/mol. The van der Waals surface area contributed by atoms with Crippen molar-refractivity contribution < 1.29 is 22.6 Å². The van der Waals surface area contributed by atoms with E-state index in [4.69, 9.17) is 14.6 Å². The summed E-state index contributed by atoms with van der Waals surface area (Å²) >= 11 is 0. The van der Waals surface area contributed by atoms with E-state index in [1.807, 2.05) is 108 Å². The van der Waals surface area contributed by atoms with Gasteiger partial charge in [0.1, 0.15) is 17.1 Å². The maximum Gasteiger partial charge on any atom is 0.422 e. The summed E-state index contributed by atoms with van der Waals surface area (Å²) in [6.45, 7) is 1.02. The van der Waals surface area contributed by atoms with Crippen LogP contribution in [0.1, 0.15) is 16.7 Å². The molecule has 7 nitrogen and oxygen atoms in total. The second-order valence-electron chi connectivity index (χ2n) is 11.0. The van der Waals surface area contributed by atoms with Crippen LogP contribution < -0.4 is 9.64 Å². The molecule has 3 aromatic carbocycles. The predicted octanol–water partition coefficient (Wildman–Crippen LogP) is 7.11. The van der Waals surface area contributed by atoms with E-state index in [1.54, 1.807) is 12.3 Å². The Morgan fingerprint density at radius 2 is 1.28 bits per heavy atom. The minimum absolute atomic E-state index is 0.149. The molecule has 0 aliphatic carbocycles. The minimum atomic E-state index is -4.55. The van der Waals surface area contributed by atoms with E-state index in [1.165, 1.54) is 6.20 Å². The fourth-order valence-electron chi connectivity index (χ4n) is 6.19. The quantitative estimate of drug-likeness (QED) is 0.169. The third-order valence-corrected chi connectivity index (χ3v) is 8.18. The summed E-state index contributed by atoms with van der Waals surface area (Å²) in [5, 5.41) is 5.67. The van der Waals surface area contributed by atoms with E-state index in [-0.39, 0.29) is 5.88 Å². The molecule has 6 aromatic rings. The molecule has 7 rings (SSSR count). The summed E-state index contributed by atoms with van der Waals surface area (Å²) in [5.74, 6) is 0.578. The van der Waals surface area contributed by atoms with Crippen LogP contribution in [0.25, 0.3) is 22.2 Å². The van der Waals surface area contributed by atoms with Crippen molar-refractivity contribution in [2.45, 2.75) is 11.7 Å². The summed E-state index contributed by atoms with van der Waals surface area (Å²) < 4.78 is 53.3. The van der Waals surface area contributed by atoms with Gasteiger partial charge in [0, 0.05) is 31.0 Å². The fourth-order valence-corrected chi connectivity index (χ4v) is 6.19. The van der Waals surface area contributed by atoms with Crippen LogP contribution in [0.15, 0.2) is 122 Å². The van der Waals surface area contributed by atoms with E-state index in [0.717, 1.165) is 22.5 Å². The van der Waals surface area contributed by atoms with Crippen LogP contribution in [0, 0.1) is 0 Å². The van der Waals surface area contributed by atoms with Crippen molar-refractivity contribution in [1.29, 1.82) is 0 Å². The van der Waals surface area contributed by atoms with Crippen LogP contribution in [-0.4, -0.2) is 58.8 Å². The van der Waals surface area contributed by atoms with E-state index in [2.05, 4.69) is 14.9 Å². The first-order chi connectivity index (χ1) is 22.4. The highest BCUT2D eigenvalue weighted by Gasteiger charge is 2.41. The van der Waals surface area contributed by atoms with Gasteiger partial charge in [-0.2, -0.15) is 18.3 Å². The first kappa shape index (κ1) is 29.5. The number of anilines is 1. The number of halogens is 3. The standard InChI is InChI=1S/C36H30F3N5O2/c37-35(38,39)25-46-34-32-30(17-19-41-34)44(42-33(32)26-16-18-40-31(24-26)43-20-22-45-23-21-43)36(27-10-4-1-5-11-27,28-12-6-2-7-13-28)29-14-8-3-9-15-29/h1-19,24H,20-23,25H2.